The van der Waals surface area contributed by atoms with Crippen LogP contribution in [0, 0.1) is 12.8 Å². The number of ether oxygens (including phenoxy) is 1. The smallest absolute Gasteiger partial charge is 0.348 e. The molecule has 1 aromatic carbocycles. The Balaban J connectivity index is 1.30. The molecule has 0 radical (unpaired) electrons. The third-order valence-corrected chi connectivity index (χ3v) is 6.97. The standard InChI is InChI=1S/C24H26N4O3S2/c1-15(2)12-28-23-19(16(3)27-28)9-20(33-23)24(30)31-13-18-14-32-22(26-18)10-21(29)25-11-17-7-5-4-6-8-17/h4-9,14-15H,10-13H2,1-3H3,(H,25,29). The summed E-state index contributed by atoms with van der Waals surface area (Å²) in [5.41, 5.74) is 2.60. The van der Waals surface area contributed by atoms with E-state index in [1.807, 2.05) is 53.4 Å². The first-order valence-electron chi connectivity index (χ1n) is 10.8. The van der Waals surface area contributed by atoms with Gasteiger partial charge in [0.1, 0.15) is 21.3 Å². The molecule has 0 aliphatic heterocycles. The van der Waals surface area contributed by atoms with Crippen molar-refractivity contribution >= 4 is 44.8 Å². The Morgan fingerprint density at radius 1 is 1.21 bits per heavy atom. The van der Waals surface area contributed by atoms with Crippen molar-refractivity contribution in [2.45, 2.75) is 46.9 Å². The van der Waals surface area contributed by atoms with E-state index in [1.165, 1.54) is 22.7 Å². The molecule has 0 bridgehead atoms. The highest BCUT2D eigenvalue weighted by Gasteiger charge is 2.18. The van der Waals surface area contributed by atoms with Crippen molar-refractivity contribution in [3.63, 3.8) is 0 Å². The predicted molar refractivity (Wildman–Crippen MR) is 130 cm³/mol. The Labute approximate surface area is 200 Å². The number of esters is 1. The van der Waals surface area contributed by atoms with Crippen LogP contribution in [0.4, 0.5) is 0 Å². The zero-order valence-electron chi connectivity index (χ0n) is 18.8. The Morgan fingerprint density at radius 3 is 2.76 bits per heavy atom. The number of benzene rings is 1. The lowest BCUT2D eigenvalue weighted by atomic mass is 10.2. The van der Waals surface area contributed by atoms with Crippen LogP contribution in [0.1, 0.15) is 45.5 Å². The first-order chi connectivity index (χ1) is 15.9. The molecule has 0 saturated carbocycles. The van der Waals surface area contributed by atoms with E-state index in [1.54, 1.807) is 0 Å². The zero-order valence-corrected chi connectivity index (χ0v) is 20.5. The van der Waals surface area contributed by atoms with E-state index in [0.29, 0.717) is 28.0 Å². The largest absolute Gasteiger partial charge is 0.455 e. The van der Waals surface area contributed by atoms with Crippen molar-refractivity contribution in [1.29, 1.82) is 0 Å². The Kier molecular flexibility index (Phi) is 7.20. The summed E-state index contributed by atoms with van der Waals surface area (Å²) in [4.78, 5) is 30.8. The number of carbonyl (C=O) groups is 2. The van der Waals surface area contributed by atoms with Gasteiger partial charge in [0.2, 0.25) is 5.91 Å². The van der Waals surface area contributed by atoms with Crippen LogP contribution >= 0.6 is 22.7 Å². The number of rotatable bonds is 9. The number of hydrogen-bond donors (Lipinski definition) is 1. The van der Waals surface area contributed by atoms with Crippen LogP contribution in [0.3, 0.4) is 0 Å². The van der Waals surface area contributed by atoms with Crippen molar-refractivity contribution < 1.29 is 14.3 Å². The van der Waals surface area contributed by atoms with Crippen LogP contribution in [-0.2, 0) is 35.6 Å². The summed E-state index contributed by atoms with van der Waals surface area (Å²) >= 11 is 2.79. The van der Waals surface area contributed by atoms with Gasteiger partial charge in [0.15, 0.2) is 0 Å². The molecule has 3 aromatic heterocycles. The molecule has 0 aliphatic rings. The highest BCUT2D eigenvalue weighted by molar-refractivity contribution is 7.20. The van der Waals surface area contributed by atoms with Gasteiger partial charge in [-0.25, -0.2) is 9.78 Å². The molecule has 172 valence electrons. The maximum atomic E-state index is 12.6. The average molecular weight is 483 g/mol. The molecule has 1 amide bonds. The number of nitrogens with one attached hydrogen (secondary N) is 1. The van der Waals surface area contributed by atoms with Gasteiger partial charge in [0, 0.05) is 23.9 Å². The summed E-state index contributed by atoms with van der Waals surface area (Å²) in [5.74, 6) is -0.000955. The summed E-state index contributed by atoms with van der Waals surface area (Å²) in [6, 6.07) is 11.6. The number of nitrogens with zero attached hydrogens (tertiary/aromatic N) is 3. The van der Waals surface area contributed by atoms with Crippen molar-refractivity contribution in [2.75, 3.05) is 0 Å². The number of thiophene rings is 1. The number of amides is 1. The van der Waals surface area contributed by atoms with Crippen LogP contribution < -0.4 is 5.32 Å². The van der Waals surface area contributed by atoms with E-state index in [-0.39, 0.29) is 24.9 Å². The van der Waals surface area contributed by atoms with Crippen LogP contribution in [0.25, 0.3) is 10.2 Å². The average Bonchev–Trinajstić information content (AvgIpc) is 3.49. The minimum absolute atomic E-state index is 0.0757. The molecule has 4 aromatic rings. The van der Waals surface area contributed by atoms with Crippen LogP contribution in [0.2, 0.25) is 0 Å². The van der Waals surface area contributed by atoms with E-state index in [2.05, 4.69) is 29.2 Å². The summed E-state index contributed by atoms with van der Waals surface area (Å²) in [5, 5.41) is 11.0. The molecule has 0 fully saturated rings. The quantitative estimate of drug-likeness (QED) is 0.349. The van der Waals surface area contributed by atoms with Gasteiger partial charge >= 0.3 is 5.97 Å². The highest BCUT2D eigenvalue weighted by Crippen LogP contribution is 2.29. The highest BCUT2D eigenvalue weighted by atomic mass is 32.1. The van der Waals surface area contributed by atoms with Gasteiger partial charge in [0.05, 0.1) is 17.8 Å². The van der Waals surface area contributed by atoms with Crippen LogP contribution in [0.15, 0.2) is 41.8 Å². The molecular weight excluding hydrogens is 456 g/mol. The van der Waals surface area contributed by atoms with Crippen LogP contribution in [0.5, 0.6) is 0 Å². The SMILES string of the molecule is Cc1nn(CC(C)C)c2sc(C(=O)OCc3csc(CC(=O)NCc4ccccc4)n3)cc12. The number of thiazole rings is 1. The normalized spacial score (nSPS) is 11.3. The van der Waals surface area contributed by atoms with E-state index in [0.717, 1.165) is 28.0 Å². The second-order valence-electron chi connectivity index (χ2n) is 8.24. The van der Waals surface area contributed by atoms with Crippen molar-refractivity contribution in [3.8, 4) is 0 Å². The van der Waals surface area contributed by atoms with Gasteiger partial charge in [0.25, 0.3) is 0 Å². The van der Waals surface area contributed by atoms with Gasteiger partial charge in [-0.2, -0.15) is 5.10 Å². The van der Waals surface area contributed by atoms with Crippen LogP contribution in [-0.4, -0.2) is 26.6 Å². The summed E-state index contributed by atoms with van der Waals surface area (Å²) < 4.78 is 7.45. The third kappa shape index (κ3) is 5.85. The molecule has 7 nitrogen and oxygen atoms in total. The third-order valence-electron chi connectivity index (χ3n) is 4.94. The summed E-state index contributed by atoms with van der Waals surface area (Å²) in [6.45, 7) is 7.60. The first-order valence-corrected chi connectivity index (χ1v) is 12.5. The molecule has 1 N–H and O–H groups in total. The molecule has 9 heteroatoms. The molecule has 3 heterocycles. The van der Waals surface area contributed by atoms with Gasteiger partial charge in [-0.3, -0.25) is 9.48 Å². The maximum Gasteiger partial charge on any atom is 0.348 e. The predicted octanol–water partition coefficient (Wildman–Crippen LogP) is 4.73. The lowest BCUT2D eigenvalue weighted by molar-refractivity contribution is -0.120. The van der Waals surface area contributed by atoms with Crippen molar-refractivity contribution in [1.82, 2.24) is 20.1 Å². The lowest BCUT2D eigenvalue weighted by Crippen LogP contribution is -2.24. The van der Waals surface area contributed by atoms with Gasteiger partial charge in [-0.1, -0.05) is 44.2 Å². The van der Waals surface area contributed by atoms with Gasteiger partial charge in [-0.05, 0) is 24.5 Å². The Bertz CT molecular complexity index is 1260. The number of aryl methyl sites for hydroxylation is 1. The number of aromatic nitrogens is 3. The molecule has 0 saturated heterocycles. The second kappa shape index (κ2) is 10.3. The number of hydrogen-bond acceptors (Lipinski definition) is 7. The minimum Gasteiger partial charge on any atom is -0.455 e. The van der Waals surface area contributed by atoms with Gasteiger partial charge in [-0.15, -0.1) is 22.7 Å². The van der Waals surface area contributed by atoms with E-state index >= 15 is 0 Å². The molecule has 0 spiro atoms. The van der Waals surface area contributed by atoms with Crippen molar-refractivity contribution in [3.05, 3.63) is 68.6 Å². The van der Waals surface area contributed by atoms with E-state index in [4.69, 9.17) is 4.74 Å². The maximum absolute atomic E-state index is 12.6. The van der Waals surface area contributed by atoms with Gasteiger partial charge < -0.3 is 10.1 Å². The fourth-order valence-corrected chi connectivity index (χ4v) is 5.23. The first kappa shape index (κ1) is 23.1. The topological polar surface area (TPSA) is 86.1 Å². The number of fused-ring (bicyclic) bond motifs is 1. The monoisotopic (exact) mass is 482 g/mol. The van der Waals surface area contributed by atoms with E-state index < -0.39 is 0 Å². The lowest BCUT2D eigenvalue weighted by Gasteiger charge is -2.05. The molecule has 0 aliphatic carbocycles. The fraction of sp³-hybridized carbons (Fsp3) is 0.333. The molecule has 0 unspecified atom stereocenters. The molecule has 0 atom stereocenters. The Hall–Kier alpha value is -3.04. The van der Waals surface area contributed by atoms with E-state index in [9.17, 15) is 9.59 Å². The summed E-state index contributed by atoms with van der Waals surface area (Å²) in [7, 11) is 0. The zero-order chi connectivity index (χ0) is 23.4. The fourth-order valence-electron chi connectivity index (χ4n) is 3.39. The second-order valence-corrected chi connectivity index (χ2v) is 10.2. The molecular formula is C24H26N4O3S2. The minimum atomic E-state index is -0.373. The summed E-state index contributed by atoms with van der Waals surface area (Å²) in [6.07, 6.45) is 0.202. The van der Waals surface area contributed by atoms with Crippen molar-refractivity contribution in [2.24, 2.45) is 5.92 Å². The number of carbonyl (C=O) groups excluding carboxylic acids is 2. The molecule has 33 heavy (non-hydrogen) atoms. The molecule has 4 rings (SSSR count). The Morgan fingerprint density at radius 2 is 2.00 bits per heavy atom.